The zero-order chi connectivity index (χ0) is 29.5. The Bertz CT molecular complexity index is 557. The third kappa shape index (κ3) is 27.1. The lowest BCUT2D eigenvalue weighted by Crippen LogP contribution is -2.39. The normalized spacial score (nSPS) is 12.1. The first-order valence-corrected chi connectivity index (χ1v) is 19.4. The molecule has 0 amide bonds. The van der Waals surface area contributed by atoms with Gasteiger partial charge in [0.2, 0.25) is 0 Å². The van der Waals surface area contributed by atoms with E-state index in [0.29, 0.717) is 6.04 Å². The first kappa shape index (κ1) is 40.3. The summed E-state index contributed by atoms with van der Waals surface area (Å²) in [6.07, 6.45) is 34.7. The summed E-state index contributed by atoms with van der Waals surface area (Å²) in [4.78, 5) is 3.67. The Morgan fingerprint density at radius 1 is 0.600 bits per heavy atom. The van der Waals surface area contributed by atoms with Crippen molar-refractivity contribution in [3.8, 4) is 0 Å². The molecular formula is C35H69NOS3. The highest BCUT2D eigenvalue weighted by molar-refractivity contribution is 8.23. The quantitative estimate of drug-likeness (QED) is 0.0617. The minimum atomic E-state index is 0.262. The zero-order valence-electron chi connectivity index (χ0n) is 27.2. The molecule has 0 spiro atoms. The van der Waals surface area contributed by atoms with Crippen LogP contribution in [0.15, 0.2) is 0 Å². The van der Waals surface area contributed by atoms with Crippen LogP contribution in [0, 0.1) is 0 Å². The van der Waals surface area contributed by atoms with Crippen LogP contribution in [0.2, 0.25) is 0 Å². The van der Waals surface area contributed by atoms with E-state index in [1.165, 1.54) is 148 Å². The summed E-state index contributed by atoms with van der Waals surface area (Å²) in [7, 11) is 0. The molecule has 0 aromatic heterocycles. The smallest absolute Gasteiger partial charge is 0.0750 e. The molecule has 0 bridgehead atoms. The number of thiocarbonyl (C=S) groups is 2. The van der Waals surface area contributed by atoms with Crippen molar-refractivity contribution in [3.63, 3.8) is 0 Å². The highest BCUT2D eigenvalue weighted by atomic mass is 32.2. The fraction of sp³-hybridized carbons (Fsp3) is 0.943. The third-order valence-corrected chi connectivity index (χ3v) is 10.0. The molecule has 5 heteroatoms. The van der Waals surface area contributed by atoms with Crippen molar-refractivity contribution in [1.29, 1.82) is 0 Å². The molecule has 0 saturated carbocycles. The lowest BCUT2D eigenvalue weighted by Gasteiger charge is -2.33. The van der Waals surface area contributed by atoms with Crippen LogP contribution in [-0.4, -0.2) is 44.1 Å². The molecule has 0 aromatic carbocycles. The number of aliphatic hydroxyl groups excluding tert-OH is 1. The molecular weight excluding hydrogens is 547 g/mol. The number of hydrogen-bond donors (Lipinski definition) is 1. The maximum absolute atomic E-state index is 9.04. The first-order valence-electron chi connectivity index (χ1n) is 17.6. The van der Waals surface area contributed by atoms with Crippen LogP contribution < -0.4 is 0 Å². The van der Waals surface area contributed by atoms with E-state index in [9.17, 15) is 0 Å². The highest BCUT2D eigenvalue weighted by Gasteiger charge is 2.18. The predicted molar refractivity (Wildman–Crippen MR) is 192 cm³/mol. The van der Waals surface area contributed by atoms with Gasteiger partial charge in [0.05, 0.1) is 4.99 Å². The van der Waals surface area contributed by atoms with Crippen LogP contribution in [0.1, 0.15) is 188 Å². The summed E-state index contributed by atoms with van der Waals surface area (Å²) in [5.41, 5.74) is 0. The van der Waals surface area contributed by atoms with Crippen LogP contribution in [0.25, 0.3) is 0 Å². The summed E-state index contributed by atoms with van der Waals surface area (Å²) in [6.45, 7) is 8.13. The second-order valence-electron chi connectivity index (χ2n) is 12.1. The van der Waals surface area contributed by atoms with Crippen LogP contribution in [0.3, 0.4) is 0 Å². The van der Waals surface area contributed by atoms with E-state index >= 15 is 0 Å². The van der Waals surface area contributed by atoms with Crippen molar-refractivity contribution in [2.75, 3.05) is 18.9 Å². The van der Waals surface area contributed by atoms with Crippen LogP contribution in [0.5, 0.6) is 0 Å². The molecule has 238 valence electrons. The van der Waals surface area contributed by atoms with E-state index < -0.39 is 0 Å². The molecule has 2 nitrogen and oxygen atoms in total. The summed E-state index contributed by atoms with van der Waals surface area (Å²) in [5, 5.41) is 9.04. The Labute approximate surface area is 267 Å². The van der Waals surface area contributed by atoms with Crippen molar-refractivity contribution >= 4 is 45.4 Å². The summed E-state index contributed by atoms with van der Waals surface area (Å²) < 4.78 is 1.11. The van der Waals surface area contributed by atoms with Crippen LogP contribution in [-0.2, 0) is 0 Å². The standard InChI is InChI=1S/C35H69NOS3/c1-4-6-8-10-12-14-15-16-18-20-22-24-30-36(33(3)38)34(28-25-29-35(39)40-32-26-31-37)27-23-21-19-17-13-11-9-7-5-2/h34,37H,4-32H2,1-3H3. The van der Waals surface area contributed by atoms with E-state index in [-0.39, 0.29) is 6.61 Å². The van der Waals surface area contributed by atoms with Gasteiger partial charge in [-0.15, -0.1) is 11.8 Å². The predicted octanol–water partition coefficient (Wildman–Crippen LogP) is 12.2. The molecule has 0 aliphatic carbocycles. The Morgan fingerprint density at radius 2 is 1.02 bits per heavy atom. The van der Waals surface area contributed by atoms with E-state index in [0.717, 1.165) is 40.7 Å². The van der Waals surface area contributed by atoms with Gasteiger partial charge in [-0.1, -0.05) is 167 Å². The van der Waals surface area contributed by atoms with Gasteiger partial charge in [-0.25, -0.2) is 0 Å². The van der Waals surface area contributed by atoms with Crippen LogP contribution >= 0.6 is 36.2 Å². The van der Waals surface area contributed by atoms with Crippen molar-refractivity contribution in [2.45, 2.75) is 194 Å². The topological polar surface area (TPSA) is 23.5 Å². The fourth-order valence-electron chi connectivity index (χ4n) is 5.67. The molecule has 0 saturated heterocycles. The monoisotopic (exact) mass is 615 g/mol. The second kappa shape index (κ2) is 32.2. The number of aliphatic hydroxyl groups is 1. The largest absolute Gasteiger partial charge is 0.396 e. The van der Waals surface area contributed by atoms with E-state index in [1.54, 1.807) is 11.8 Å². The van der Waals surface area contributed by atoms with Crippen molar-refractivity contribution in [3.05, 3.63) is 0 Å². The molecule has 1 unspecified atom stereocenters. The van der Waals surface area contributed by atoms with Gasteiger partial charge in [-0.3, -0.25) is 0 Å². The molecule has 0 fully saturated rings. The fourth-order valence-corrected chi connectivity index (χ4v) is 7.10. The highest BCUT2D eigenvalue weighted by Crippen LogP contribution is 2.22. The Hall–Kier alpha value is 0.290. The van der Waals surface area contributed by atoms with Crippen LogP contribution in [0.4, 0.5) is 0 Å². The minimum Gasteiger partial charge on any atom is -0.396 e. The number of nitrogens with zero attached hydrogens (tertiary/aromatic N) is 1. The zero-order valence-corrected chi connectivity index (χ0v) is 29.7. The Balaban J connectivity index is 4.41. The summed E-state index contributed by atoms with van der Waals surface area (Å²) in [5.74, 6) is 0.946. The van der Waals surface area contributed by atoms with E-state index in [1.807, 2.05) is 0 Å². The molecule has 1 N–H and O–H groups in total. The van der Waals surface area contributed by atoms with Crippen molar-refractivity contribution < 1.29 is 5.11 Å². The Kier molecular flexibility index (Phi) is 32.4. The lowest BCUT2D eigenvalue weighted by atomic mass is 9.99. The van der Waals surface area contributed by atoms with Gasteiger partial charge in [0.15, 0.2) is 0 Å². The van der Waals surface area contributed by atoms with Crippen molar-refractivity contribution in [2.24, 2.45) is 0 Å². The van der Waals surface area contributed by atoms with Gasteiger partial charge in [0, 0.05) is 29.1 Å². The number of thioether (sulfide) groups is 1. The molecule has 0 aromatic rings. The van der Waals surface area contributed by atoms with Gasteiger partial charge in [-0.05, 0) is 45.4 Å². The second-order valence-corrected chi connectivity index (χ2v) is 14.6. The average Bonchev–Trinajstić information content (AvgIpc) is 2.94. The lowest BCUT2D eigenvalue weighted by molar-refractivity contribution is 0.267. The molecule has 0 radical (unpaired) electrons. The Morgan fingerprint density at radius 3 is 1.48 bits per heavy atom. The molecule has 40 heavy (non-hydrogen) atoms. The van der Waals surface area contributed by atoms with E-state index in [2.05, 4.69) is 25.7 Å². The SMILES string of the molecule is CCCCCCCCCCCCCCN(C(C)=S)C(CCCCCCCCCCC)CCCC(=S)SCCCO. The molecule has 1 atom stereocenters. The van der Waals surface area contributed by atoms with Gasteiger partial charge < -0.3 is 10.0 Å². The van der Waals surface area contributed by atoms with Gasteiger partial charge in [-0.2, -0.15) is 0 Å². The number of hydrogen-bond acceptors (Lipinski definition) is 4. The summed E-state index contributed by atoms with van der Waals surface area (Å²) in [6, 6.07) is 0.569. The molecule has 0 aliphatic heterocycles. The minimum absolute atomic E-state index is 0.262. The van der Waals surface area contributed by atoms with Crippen molar-refractivity contribution in [1.82, 2.24) is 4.90 Å². The number of rotatable bonds is 31. The molecule has 0 heterocycles. The summed E-state index contributed by atoms with van der Waals surface area (Å²) >= 11 is 13.2. The van der Waals surface area contributed by atoms with Gasteiger partial charge >= 0.3 is 0 Å². The molecule has 0 rings (SSSR count). The first-order chi connectivity index (χ1) is 19.6. The van der Waals surface area contributed by atoms with Gasteiger partial charge in [0.25, 0.3) is 0 Å². The maximum Gasteiger partial charge on any atom is 0.0750 e. The van der Waals surface area contributed by atoms with E-state index in [4.69, 9.17) is 29.5 Å². The number of unbranched alkanes of at least 4 members (excludes halogenated alkanes) is 19. The van der Waals surface area contributed by atoms with Gasteiger partial charge in [0.1, 0.15) is 0 Å². The average molecular weight is 616 g/mol. The molecule has 0 aliphatic rings. The maximum atomic E-state index is 9.04. The third-order valence-electron chi connectivity index (χ3n) is 8.22.